The fraction of sp³-hybridized carbons (Fsp3) is 0.550. The molecule has 1 aromatic rings. The van der Waals surface area contributed by atoms with Crippen LogP contribution in [0, 0.1) is 11.8 Å². The summed E-state index contributed by atoms with van der Waals surface area (Å²) in [5.74, 6) is -1.90. The Hall–Kier alpha value is -1.65. The van der Waals surface area contributed by atoms with Crippen molar-refractivity contribution >= 4 is 34.9 Å². The third-order valence-corrected chi connectivity index (χ3v) is 7.09. The number of hydrogen-bond donors (Lipinski definition) is 2. The monoisotopic (exact) mass is 463 g/mol. The quantitative estimate of drug-likeness (QED) is 0.334. The molecule has 2 N–H and O–H groups in total. The van der Waals surface area contributed by atoms with E-state index < -0.39 is 29.9 Å². The first-order valence-electron chi connectivity index (χ1n) is 9.52. The predicted octanol–water partition coefficient (Wildman–Crippen LogP) is 5.47. The molecule has 1 aliphatic rings. The molecular formula is C20H24F3NO4S2. The molecule has 1 heterocycles. The lowest BCUT2D eigenvalue weighted by atomic mass is 9.90. The molecule has 166 valence electrons. The molecule has 0 amide bonds. The van der Waals surface area contributed by atoms with E-state index in [0.29, 0.717) is 29.4 Å². The summed E-state index contributed by atoms with van der Waals surface area (Å²) in [6.45, 7) is 1.47. The average Bonchev–Trinajstić information content (AvgIpc) is 3.28. The van der Waals surface area contributed by atoms with Crippen molar-refractivity contribution < 1.29 is 33.0 Å². The fourth-order valence-corrected chi connectivity index (χ4v) is 5.20. The summed E-state index contributed by atoms with van der Waals surface area (Å²) >= 11 is 2.67. The number of thioether (sulfide) groups is 1. The Kier molecular flexibility index (Phi) is 9.11. The second-order valence-electron chi connectivity index (χ2n) is 7.51. The third kappa shape index (κ3) is 7.55. The number of carboxylic acid groups (broad SMARTS) is 1. The number of rotatable bonds is 11. The van der Waals surface area contributed by atoms with E-state index in [4.69, 9.17) is 5.11 Å². The zero-order chi connectivity index (χ0) is 22.3. The predicted molar refractivity (Wildman–Crippen MR) is 110 cm³/mol. The van der Waals surface area contributed by atoms with Crippen molar-refractivity contribution in [3.8, 4) is 0 Å². The maximum Gasteiger partial charge on any atom is 0.355 e. The number of Topliss-reactive ketones (excluding diaryl/α,β-unsaturated/α-hetero) is 1. The fourth-order valence-electron chi connectivity index (χ4n) is 3.31. The van der Waals surface area contributed by atoms with Crippen molar-refractivity contribution in [2.75, 3.05) is 5.75 Å². The first kappa shape index (κ1) is 24.6. The number of nitrogens with zero attached hydrogens (tertiary/aromatic N) is 1. The summed E-state index contributed by atoms with van der Waals surface area (Å²) in [5.41, 5.74) is -1.30. The highest BCUT2D eigenvalue weighted by Crippen LogP contribution is 2.35. The van der Waals surface area contributed by atoms with Crippen molar-refractivity contribution in [1.29, 1.82) is 0 Å². The highest BCUT2D eigenvalue weighted by molar-refractivity contribution is 8.01. The molecule has 0 aliphatic heterocycles. The van der Waals surface area contributed by atoms with Crippen molar-refractivity contribution in [1.82, 2.24) is 4.98 Å². The van der Waals surface area contributed by atoms with Crippen molar-refractivity contribution in [2.45, 2.75) is 55.4 Å². The van der Waals surface area contributed by atoms with Gasteiger partial charge in [-0.3, -0.25) is 4.79 Å². The third-order valence-electron chi connectivity index (χ3n) is 5.04. The van der Waals surface area contributed by atoms with Gasteiger partial charge in [0.25, 0.3) is 0 Å². The Balaban J connectivity index is 1.83. The van der Waals surface area contributed by atoms with E-state index in [2.05, 4.69) is 4.98 Å². The highest BCUT2D eigenvalue weighted by Gasteiger charge is 2.32. The first-order chi connectivity index (χ1) is 14.1. The lowest BCUT2D eigenvalue weighted by Gasteiger charge is -2.21. The van der Waals surface area contributed by atoms with Crippen LogP contribution in [0.1, 0.15) is 55.9 Å². The second kappa shape index (κ2) is 11.1. The SMILES string of the molecule is CC(O)(C/C=C/[C@@H]1CCC(=O)[C@@H]1CCSc1nc(C(=O)O)cs1)CCC(F)=C(F)F. The van der Waals surface area contributed by atoms with E-state index in [0.717, 1.165) is 0 Å². The maximum atomic E-state index is 12.9. The van der Waals surface area contributed by atoms with Gasteiger partial charge < -0.3 is 10.2 Å². The topological polar surface area (TPSA) is 87.5 Å². The van der Waals surface area contributed by atoms with Gasteiger partial charge >= 0.3 is 12.0 Å². The van der Waals surface area contributed by atoms with Gasteiger partial charge in [-0.1, -0.05) is 23.9 Å². The van der Waals surface area contributed by atoms with Crippen LogP contribution in [0.25, 0.3) is 0 Å². The van der Waals surface area contributed by atoms with E-state index in [9.17, 15) is 27.9 Å². The molecule has 0 aromatic carbocycles. The Morgan fingerprint density at radius 2 is 2.17 bits per heavy atom. The van der Waals surface area contributed by atoms with Gasteiger partial charge in [0.2, 0.25) is 0 Å². The van der Waals surface area contributed by atoms with Crippen molar-refractivity contribution in [3.63, 3.8) is 0 Å². The molecule has 0 spiro atoms. The Bertz CT molecular complexity index is 819. The number of carbonyl (C=O) groups is 2. The first-order valence-corrected chi connectivity index (χ1v) is 11.4. The summed E-state index contributed by atoms with van der Waals surface area (Å²) in [7, 11) is 0. The van der Waals surface area contributed by atoms with Gasteiger partial charge in [-0.05, 0) is 38.5 Å². The number of halogens is 3. The van der Waals surface area contributed by atoms with Crippen LogP contribution in [0.3, 0.4) is 0 Å². The number of carbonyl (C=O) groups excluding carboxylic acids is 1. The van der Waals surface area contributed by atoms with Crippen LogP contribution >= 0.6 is 23.1 Å². The second-order valence-corrected chi connectivity index (χ2v) is 9.71. The minimum Gasteiger partial charge on any atom is -0.476 e. The molecule has 30 heavy (non-hydrogen) atoms. The van der Waals surface area contributed by atoms with Gasteiger partial charge in [0.1, 0.15) is 5.78 Å². The normalized spacial score (nSPS) is 21.2. The van der Waals surface area contributed by atoms with Crippen LogP contribution in [-0.2, 0) is 4.79 Å². The molecule has 1 aliphatic carbocycles. The minimum atomic E-state index is -2.36. The van der Waals surface area contributed by atoms with Crippen LogP contribution in [0.4, 0.5) is 13.2 Å². The van der Waals surface area contributed by atoms with Gasteiger partial charge in [0, 0.05) is 29.9 Å². The van der Waals surface area contributed by atoms with E-state index in [-0.39, 0.29) is 36.2 Å². The standard InChI is InChI=1S/C20H24F3NO4S2/c1-20(28,9-6-14(21)17(22)23)8-2-3-12-4-5-16(25)13(12)7-10-29-19-24-15(11-30-19)18(26)27/h2-3,11-13,28H,4-10H2,1H3,(H,26,27)/b3-2+/t12-,13-,20?/m1/s1. The molecule has 3 atom stereocenters. The van der Waals surface area contributed by atoms with Gasteiger partial charge in [-0.15, -0.1) is 11.3 Å². The van der Waals surface area contributed by atoms with Crippen LogP contribution in [0.2, 0.25) is 0 Å². The number of ketones is 1. The number of aliphatic hydroxyl groups is 1. The van der Waals surface area contributed by atoms with E-state index in [1.165, 1.54) is 35.4 Å². The van der Waals surface area contributed by atoms with Crippen LogP contribution in [0.5, 0.6) is 0 Å². The minimum absolute atomic E-state index is 0.0110. The zero-order valence-corrected chi connectivity index (χ0v) is 18.1. The summed E-state index contributed by atoms with van der Waals surface area (Å²) in [6.07, 6.45) is 2.59. The largest absolute Gasteiger partial charge is 0.476 e. The zero-order valence-electron chi connectivity index (χ0n) is 16.4. The lowest BCUT2D eigenvalue weighted by molar-refractivity contribution is -0.121. The molecule has 2 rings (SSSR count). The summed E-state index contributed by atoms with van der Waals surface area (Å²) in [5, 5.41) is 20.6. The molecule has 10 heteroatoms. The van der Waals surface area contributed by atoms with Crippen LogP contribution in [-0.4, -0.2) is 38.3 Å². The number of aromatic carboxylic acids is 1. The Labute approximate surface area is 181 Å². The lowest BCUT2D eigenvalue weighted by Crippen LogP contribution is -2.23. The number of aromatic nitrogens is 1. The van der Waals surface area contributed by atoms with Gasteiger partial charge in [-0.25, -0.2) is 14.2 Å². The molecule has 1 saturated carbocycles. The highest BCUT2D eigenvalue weighted by atomic mass is 32.2. The number of thiazole rings is 1. The van der Waals surface area contributed by atoms with Gasteiger partial charge in [0.05, 0.1) is 5.60 Å². The molecule has 1 unspecified atom stereocenters. The average molecular weight is 464 g/mol. The van der Waals surface area contributed by atoms with Crippen LogP contribution < -0.4 is 0 Å². The van der Waals surface area contributed by atoms with E-state index >= 15 is 0 Å². The van der Waals surface area contributed by atoms with Crippen molar-refractivity contribution in [2.24, 2.45) is 11.8 Å². The summed E-state index contributed by atoms with van der Waals surface area (Å²) in [4.78, 5) is 27.1. The van der Waals surface area contributed by atoms with E-state index in [1.807, 2.05) is 6.08 Å². The molecule has 0 radical (unpaired) electrons. The Morgan fingerprint density at radius 3 is 2.80 bits per heavy atom. The van der Waals surface area contributed by atoms with Gasteiger partial charge in [0.15, 0.2) is 15.9 Å². The molecular weight excluding hydrogens is 439 g/mol. The molecule has 0 saturated heterocycles. The number of hydrogen-bond acceptors (Lipinski definition) is 6. The number of carboxylic acids is 1. The molecule has 5 nitrogen and oxygen atoms in total. The summed E-state index contributed by atoms with van der Waals surface area (Å²) < 4.78 is 37.8. The Morgan fingerprint density at radius 1 is 1.43 bits per heavy atom. The molecule has 0 bridgehead atoms. The summed E-state index contributed by atoms with van der Waals surface area (Å²) in [6, 6.07) is 0. The smallest absolute Gasteiger partial charge is 0.355 e. The number of allylic oxidation sites excluding steroid dienone is 2. The van der Waals surface area contributed by atoms with Gasteiger partial charge in [-0.2, -0.15) is 8.78 Å². The van der Waals surface area contributed by atoms with Crippen molar-refractivity contribution in [3.05, 3.63) is 35.1 Å². The molecule has 1 fully saturated rings. The van der Waals surface area contributed by atoms with E-state index in [1.54, 1.807) is 6.08 Å². The maximum absolute atomic E-state index is 12.9. The van der Waals surface area contributed by atoms with Crippen LogP contribution in [0.15, 0.2) is 33.8 Å². The molecule has 1 aromatic heterocycles.